The summed E-state index contributed by atoms with van der Waals surface area (Å²) in [5, 5.41) is 12.7. The van der Waals surface area contributed by atoms with E-state index >= 15 is 0 Å². The molecule has 18 heavy (non-hydrogen) atoms. The molecule has 1 saturated carbocycles. The third kappa shape index (κ3) is 3.05. The number of aryl methyl sites for hydroxylation is 1. The van der Waals surface area contributed by atoms with Crippen molar-refractivity contribution in [2.45, 2.75) is 43.5 Å². The zero-order valence-corrected chi connectivity index (χ0v) is 12.0. The van der Waals surface area contributed by atoms with Gasteiger partial charge in [-0.25, -0.2) is 0 Å². The highest BCUT2D eigenvalue weighted by Crippen LogP contribution is 2.25. The maximum atomic E-state index is 12.1. The van der Waals surface area contributed by atoms with Gasteiger partial charge in [0.25, 0.3) is 5.91 Å². The van der Waals surface area contributed by atoms with Gasteiger partial charge in [-0.1, -0.05) is 40.4 Å². The quantitative estimate of drug-likeness (QED) is 0.824. The average molecular weight is 312 g/mol. The van der Waals surface area contributed by atoms with Crippen LogP contribution in [0.3, 0.4) is 0 Å². The molecule has 2 N–H and O–H groups in total. The van der Waals surface area contributed by atoms with Crippen molar-refractivity contribution < 1.29 is 9.90 Å². The summed E-state index contributed by atoms with van der Waals surface area (Å²) in [5.41, 5.74) is 1.33. The van der Waals surface area contributed by atoms with E-state index in [1.165, 1.54) is 6.42 Å². The molecule has 0 aliphatic heterocycles. The molecule has 0 aromatic heterocycles. The SMILES string of the molecule is Cc1ccc(O)c(C(=O)NC2CCCCC2Br)c1. The maximum Gasteiger partial charge on any atom is 0.255 e. The van der Waals surface area contributed by atoms with Gasteiger partial charge in [0, 0.05) is 10.9 Å². The van der Waals surface area contributed by atoms with Crippen molar-refractivity contribution >= 4 is 21.8 Å². The monoisotopic (exact) mass is 311 g/mol. The first-order chi connectivity index (χ1) is 8.58. The van der Waals surface area contributed by atoms with Crippen LogP contribution >= 0.6 is 15.9 Å². The van der Waals surface area contributed by atoms with Gasteiger partial charge >= 0.3 is 0 Å². The molecule has 4 heteroatoms. The van der Waals surface area contributed by atoms with E-state index in [4.69, 9.17) is 0 Å². The number of carbonyl (C=O) groups excluding carboxylic acids is 1. The fraction of sp³-hybridized carbons (Fsp3) is 0.500. The molecule has 3 nitrogen and oxygen atoms in total. The molecular formula is C14H18BrNO2. The van der Waals surface area contributed by atoms with E-state index in [0.717, 1.165) is 24.8 Å². The molecule has 0 spiro atoms. The predicted molar refractivity (Wildman–Crippen MR) is 75.3 cm³/mol. The molecule has 0 radical (unpaired) electrons. The van der Waals surface area contributed by atoms with Gasteiger partial charge in [0.1, 0.15) is 5.75 Å². The van der Waals surface area contributed by atoms with E-state index in [0.29, 0.717) is 10.4 Å². The fourth-order valence-corrected chi connectivity index (χ4v) is 3.05. The molecule has 0 heterocycles. The van der Waals surface area contributed by atoms with E-state index in [2.05, 4.69) is 21.2 Å². The number of aromatic hydroxyl groups is 1. The van der Waals surface area contributed by atoms with E-state index in [1.807, 2.05) is 6.92 Å². The first-order valence-electron chi connectivity index (χ1n) is 6.32. The Balaban J connectivity index is 2.09. The highest BCUT2D eigenvalue weighted by atomic mass is 79.9. The maximum absolute atomic E-state index is 12.1. The molecule has 1 amide bonds. The summed E-state index contributed by atoms with van der Waals surface area (Å²) in [6.07, 6.45) is 4.43. The summed E-state index contributed by atoms with van der Waals surface area (Å²) < 4.78 is 0. The molecule has 1 aliphatic carbocycles. The van der Waals surface area contributed by atoms with E-state index in [1.54, 1.807) is 18.2 Å². The lowest BCUT2D eigenvalue weighted by Crippen LogP contribution is -2.42. The average Bonchev–Trinajstić information content (AvgIpc) is 2.35. The molecule has 1 aromatic rings. The molecule has 0 saturated heterocycles. The van der Waals surface area contributed by atoms with Crippen molar-refractivity contribution in [1.82, 2.24) is 5.32 Å². The second-order valence-corrected chi connectivity index (χ2v) is 6.08. The first-order valence-corrected chi connectivity index (χ1v) is 7.24. The van der Waals surface area contributed by atoms with Crippen LogP contribution < -0.4 is 5.32 Å². The fourth-order valence-electron chi connectivity index (χ4n) is 2.33. The van der Waals surface area contributed by atoms with Gasteiger partial charge in [-0.3, -0.25) is 4.79 Å². The number of carbonyl (C=O) groups is 1. The van der Waals surface area contributed by atoms with Crippen LogP contribution in [-0.2, 0) is 0 Å². The number of benzene rings is 1. The summed E-state index contributed by atoms with van der Waals surface area (Å²) in [6, 6.07) is 5.24. The number of halogens is 1. The van der Waals surface area contributed by atoms with Crippen LogP contribution in [0.4, 0.5) is 0 Å². The van der Waals surface area contributed by atoms with Gasteiger partial charge in [-0.2, -0.15) is 0 Å². The zero-order valence-electron chi connectivity index (χ0n) is 10.4. The molecule has 2 atom stereocenters. The van der Waals surface area contributed by atoms with Crippen molar-refractivity contribution in [2.75, 3.05) is 0 Å². The predicted octanol–water partition coefficient (Wildman–Crippen LogP) is 3.14. The van der Waals surface area contributed by atoms with Gasteiger partial charge in [0.2, 0.25) is 0 Å². The second kappa shape index (κ2) is 5.74. The molecule has 1 aromatic carbocycles. The Hall–Kier alpha value is -1.03. The highest BCUT2D eigenvalue weighted by molar-refractivity contribution is 9.09. The standard InChI is InChI=1S/C14H18BrNO2/c1-9-6-7-13(17)10(8-9)14(18)16-12-5-3-2-4-11(12)15/h6-8,11-12,17H,2-5H2,1H3,(H,16,18). The van der Waals surface area contributed by atoms with Crippen molar-refractivity contribution in [3.63, 3.8) is 0 Å². The highest BCUT2D eigenvalue weighted by Gasteiger charge is 2.25. The van der Waals surface area contributed by atoms with Crippen LogP contribution in [0.15, 0.2) is 18.2 Å². The lowest BCUT2D eigenvalue weighted by atomic mass is 9.95. The van der Waals surface area contributed by atoms with Crippen LogP contribution in [-0.4, -0.2) is 21.9 Å². The summed E-state index contributed by atoms with van der Waals surface area (Å²) in [6.45, 7) is 1.91. The summed E-state index contributed by atoms with van der Waals surface area (Å²) >= 11 is 3.61. The Labute approximate surface area is 116 Å². The Morgan fingerprint density at radius 2 is 2.11 bits per heavy atom. The normalized spacial score (nSPS) is 23.7. The number of amides is 1. The molecule has 1 aliphatic rings. The third-order valence-corrected chi connectivity index (χ3v) is 4.49. The van der Waals surface area contributed by atoms with E-state index in [9.17, 15) is 9.90 Å². The first kappa shape index (κ1) is 13.4. The van der Waals surface area contributed by atoms with Crippen molar-refractivity contribution in [3.05, 3.63) is 29.3 Å². The van der Waals surface area contributed by atoms with E-state index < -0.39 is 0 Å². The lowest BCUT2D eigenvalue weighted by Gasteiger charge is -2.28. The number of phenolic OH excluding ortho intramolecular Hbond substituents is 1. The van der Waals surface area contributed by atoms with Crippen LogP contribution in [0.25, 0.3) is 0 Å². The molecule has 1 fully saturated rings. The Morgan fingerprint density at radius 1 is 1.39 bits per heavy atom. The number of rotatable bonds is 2. The number of alkyl halides is 1. The van der Waals surface area contributed by atoms with Crippen molar-refractivity contribution in [3.8, 4) is 5.75 Å². The second-order valence-electron chi connectivity index (χ2n) is 4.90. The van der Waals surface area contributed by atoms with Gasteiger partial charge in [0.05, 0.1) is 5.56 Å². The largest absolute Gasteiger partial charge is 0.507 e. The molecular weight excluding hydrogens is 294 g/mol. The molecule has 0 bridgehead atoms. The van der Waals surface area contributed by atoms with Crippen LogP contribution in [0, 0.1) is 6.92 Å². The van der Waals surface area contributed by atoms with Crippen LogP contribution in [0.5, 0.6) is 5.75 Å². The number of phenols is 1. The smallest absolute Gasteiger partial charge is 0.255 e. The van der Waals surface area contributed by atoms with Gasteiger partial charge in [-0.15, -0.1) is 0 Å². The van der Waals surface area contributed by atoms with Crippen molar-refractivity contribution in [2.24, 2.45) is 0 Å². The minimum absolute atomic E-state index is 0.0417. The summed E-state index contributed by atoms with van der Waals surface area (Å²) in [4.78, 5) is 12.5. The Bertz CT molecular complexity index is 447. The van der Waals surface area contributed by atoms with Crippen LogP contribution in [0.2, 0.25) is 0 Å². The lowest BCUT2D eigenvalue weighted by molar-refractivity contribution is 0.0927. The van der Waals surface area contributed by atoms with Gasteiger partial charge in [0.15, 0.2) is 0 Å². The number of hydrogen-bond donors (Lipinski definition) is 2. The Morgan fingerprint density at radius 3 is 2.83 bits per heavy atom. The number of nitrogens with one attached hydrogen (secondary N) is 1. The molecule has 2 rings (SSSR count). The molecule has 98 valence electrons. The molecule has 2 unspecified atom stereocenters. The Kier molecular flexibility index (Phi) is 4.27. The summed E-state index contributed by atoms with van der Waals surface area (Å²) in [7, 11) is 0. The van der Waals surface area contributed by atoms with Gasteiger partial charge < -0.3 is 10.4 Å². The number of hydrogen-bond acceptors (Lipinski definition) is 2. The van der Waals surface area contributed by atoms with E-state index in [-0.39, 0.29) is 17.7 Å². The minimum Gasteiger partial charge on any atom is -0.507 e. The van der Waals surface area contributed by atoms with Crippen LogP contribution in [0.1, 0.15) is 41.6 Å². The third-order valence-electron chi connectivity index (χ3n) is 3.39. The minimum atomic E-state index is -0.187. The summed E-state index contributed by atoms with van der Waals surface area (Å²) in [5.74, 6) is -0.146. The van der Waals surface area contributed by atoms with Crippen molar-refractivity contribution in [1.29, 1.82) is 0 Å². The topological polar surface area (TPSA) is 49.3 Å². The van der Waals surface area contributed by atoms with Gasteiger partial charge in [-0.05, 0) is 31.9 Å². The zero-order chi connectivity index (χ0) is 13.1.